The van der Waals surface area contributed by atoms with Gasteiger partial charge in [0.05, 0.1) is 0 Å². The van der Waals surface area contributed by atoms with Crippen molar-refractivity contribution < 1.29 is 0 Å². The van der Waals surface area contributed by atoms with Crippen molar-refractivity contribution in [1.29, 1.82) is 0 Å². The number of hydrogen-bond acceptors (Lipinski definition) is 3. The molecule has 0 amide bonds. The number of aromatic nitrogens is 3. The van der Waals surface area contributed by atoms with Gasteiger partial charge in [-0.15, -0.1) is 0 Å². The van der Waals surface area contributed by atoms with Crippen LogP contribution in [0.5, 0.6) is 0 Å². The molecule has 0 saturated carbocycles. The third-order valence-electron chi connectivity index (χ3n) is 6.08. The van der Waals surface area contributed by atoms with Crippen LogP contribution >= 0.6 is 0 Å². The van der Waals surface area contributed by atoms with Gasteiger partial charge < -0.3 is 9.55 Å². The maximum atomic E-state index is 12.9. The predicted octanol–water partition coefficient (Wildman–Crippen LogP) is 4.93. The molecule has 0 aliphatic carbocycles. The van der Waals surface area contributed by atoms with Crippen molar-refractivity contribution in [2.24, 2.45) is 7.05 Å². The van der Waals surface area contributed by atoms with Crippen molar-refractivity contribution in [2.45, 2.75) is 97.3 Å². The minimum absolute atomic E-state index is 0.0536. The molecule has 5 nitrogen and oxygen atoms in total. The molecule has 0 aliphatic rings. The average Bonchev–Trinajstić information content (AvgIpc) is 2.59. The fourth-order valence-corrected chi connectivity index (χ4v) is 3.88. The van der Waals surface area contributed by atoms with E-state index in [2.05, 4.69) is 57.6 Å². The highest BCUT2D eigenvalue weighted by molar-refractivity contribution is 5.26. The molecule has 5 heteroatoms. The van der Waals surface area contributed by atoms with Crippen LogP contribution in [0.1, 0.15) is 104 Å². The molecule has 0 aromatic carbocycles. The zero-order valence-corrected chi connectivity index (χ0v) is 20.4. The highest BCUT2D eigenvalue weighted by atomic mass is 16.1. The van der Waals surface area contributed by atoms with E-state index in [9.17, 15) is 9.59 Å². The summed E-state index contributed by atoms with van der Waals surface area (Å²) < 4.78 is 1.79. The molecule has 0 fully saturated rings. The molecule has 0 saturated heterocycles. The van der Waals surface area contributed by atoms with Crippen LogP contribution < -0.4 is 11.1 Å². The SMILES string of the molecule is CC(CCC(C)(C)c1ccc(C(C)(C)C)c(=O)n1C)c1cnc(C(C)(C)C)[nH]c1=O. The molecule has 1 unspecified atom stereocenters. The molecule has 2 aromatic rings. The average molecular weight is 414 g/mol. The summed E-state index contributed by atoms with van der Waals surface area (Å²) in [7, 11) is 1.86. The summed E-state index contributed by atoms with van der Waals surface area (Å²) in [6.07, 6.45) is 3.42. The summed E-state index contributed by atoms with van der Waals surface area (Å²) in [6.45, 7) is 18.7. The van der Waals surface area contributed by atoms with Crippen LogP contribution in [0.25, 0.3) is 0 Å². The van der Waals surface area contributed by atoms with Gasteiger partial charge in [-0.3, -0.25) is 9.59 Å². The molecule has 2 heterocycles. The van der Waals surface area contributed by atoms with Crippen LogP contribution in [0.2, 0.25) is 0 Å². The minimum atomic E-state index is -0.190. The first-order valence-electron chi connectivity index (χ1n) is 10.9. The Bertz CT molecular complexity index is 1010. The first-order chi connectivity index (χ1) is 13.6. The monoisotopic (exact) mass is 413 g/mol. The summed E-state index contributed by atoms with van der Waals surface area (Å²) in [4.78, 5) is 33.0. The van der Waals surface area contributed by atoms with Gasteiger partial charge in [-0.1, -0.05) is 68.4 Å². The number of pyridine rings is 1. The van der Waals surface area contributed by atoms with Crippen molar-refractivity contribution in [3.05, 3.63) is 61.7 Å². The van der Waals surface area contributed by atoms with Gasteiger partial charge in [0.2, 0.25) is 0 Å². The summed E-state index contributed by atoms with van der Waals surface area (Å²) in [5.74, 6) is 0.790. The van der Waals surface area contributed by atoms with E-state index in [1.165, 1.54) is 0 Å². The van der Waals surface area contributed by atoms with Gasteiger partial charge in [0.25, 0.3) is 11.1 Å². The summed E-state index contributed by atoms with van der Waals surface area (Å²) in [6, 6.07) is 4.06. The molecule has 1 N–H and O–H groups in total. The van der Waals surface area contributed by atoms with Crippen molar-refractivity contribution >= 4 is 0 Å². The summed E-state index contributed by atoms with van der Waals surface area (Å²) in [5, 5.41) is 0. The van der Waals surface area contributed by atoms with Gasteiger partial charge in [-0.2, -0.15) is 0 Å². The van der Waals surface area contributed by atoms with Crippen molar-refractivity contribution in [1.82, 2.24) is 14.5 Å². The minimum Gasteiger partial charge on any atom is -0.315 e. The molecule has 1 atom stereocenters. The van der Waals surface area contributed by atoms with Crippen LogP contribution in [0.4, 0.5) is 0 Å². The Morgan fingerprint density at radius 2 is 1.60 bits per heavy atom. The first-order valence-corrected chi connectivity index (χ1v) is 10.9. The van der Waals surface area contributed by atoms with E-state index in [-0.39, 0.29) is 33.3 Å². The van der Waals surface area contributed by atoms with Gasteiger partial charge in [-0.25, -0.2) is 4.98 Å². The second kappa shape index (κ2) is 8.16. The second-order valence-electron chi connectivity index (χ2n) is 11.3. The van der Waals surface area contributed by atoms with Crippen molar-refractivity contribution in [3.63, 3.8) is 0 Å². The Hall–Kier alpha value is -2.17. The van der Waals surface area contributed by atoms with Gasteiger partial charge >= 0.3 is 0 Å². The van der Waals surface area contributed by atoms with E-state index < -0.39 is 0 Å². The highest BCUT2D eigenvalue weighted by Crippen LogP contribution is 2.32. The van der Waals surface area contributed by atoms with Crippen molar-refractivity contribution in [3.8, 4) is 0 Å². The van der Waals surface area contributed by atoms with Crippen LogP contribution in [-0.2, 0) is 23.3 Å². The van der Waals surface area contributed by atoms with Crippen LogP contribution in [-0.4, -0.2) is 14.5 Å². The quantitative estimate of drug-likeness (QED) is 0.756. The number of hydrogen-bond donors (Lipinski definition) is 1. The smallest absolute Gasteiger partial charge is 0.254 e. The Kier molecular flexibility index (Phi) is 6.56. The maximum Gasteiger partial charge on any atom is 0.254 e. The predicted molar refractivity (Wildman–Crippen MR) is 125 cm³/mol. The van der Waals surface area contributed by atoms with E-state index in [0.29, 0.717) is 5.82 Å². The number of H-pyrrole nitrogens is 1. The number of rotatable bonds is 5. The zero-order valence-electron chi connectivity index (χ0n) is 20.4. The Labute approximate surface area is 181 Å². The molecular weight excluding hydrogens is 374 g/mol. The van der Waals surface area contributed by atoms with Crippen LogP contribution in [0.3, 0.4) is 0 Å². The molecule has 0 radical (unpaired) electrons. The fourth-order valence-electron chi connectivity index (χ4n) is 3.88. The fraction of sp³-hybridized carbons (Fsp3) is 0.640. The lowest BCUT2D eigenvalue weighted by Crippen LogP contribution is -2.34. The molecule has 2 rings (SSSR count). The molecule has 30 heavy (non-hydrogen) atoms. The van der Waals surface area contributed by atoms with E-state index in [4.69, 9.17) is 0 Å². The third kappa shape index (κ3) is 5.11. The molecule has 166 valence electrons. The lowest BCUT2D eigenvalue weighted by molar-refractivity contribution is 0.409. The topological polar surface area (TPSA) is 67.8 Å². The van der Waals surface area contributed by atoms with E-state index >= 15 is 0 Å². The normalized spacial score (nSPS) is 14.1. The molecule has 0 spiro atoms. The van der Waals surface area contributed by atoms with Crippen LogP contribution in [0, 0.1) is 0 Å². The first kappa shape index (κ1) is 24.1. The number of nitrogens with one attached hydrogen (secondary N) is 1. The standard InChI is InChI=1S/C25H39N3O2/c1-16(17-15-26-22(24(5,6)7)27-20(17)29)13-14-25(8,9)19-12-11-18(23(2,3)4)21(30)28(19)10/h11-12,15-16H,13-14H2,1-10H3,(H,26,27,29). The molecule has 0 aliphatic heterocycles. The number of nitrogens with zero attached hydrogens (tertiary/aromatic N) is 2. The Morgan fingerprint density at radius 1 is 1.00 bits per heavy atom. The maximum absolute atomic E-state index is 12.9. The van der Waals surface area contributed by atoms with Gasteiger partial charge in [-0.05, 0) is 30.2 Å². The lowest BCUT2D eigenvalue weighted by atomic mass is 9.79. The number of aromatic amines is 1. The van der Waals surface area contributed by atoms with Crippen LogP contribution in [0.15, 0.2) is 27.9 Å². The Balaban J connectivity index is 2.24. The molecular formula is C25H39N3O2. The van der Waals surface area contributed by atoms with Gasteiger partial charge in [0.15, 0.2) is 0 Å². The third-order valence-corrected chi connectivity index (χ3v) is 6.08. The summed E-state index contributed by atoms with van der Waals surface area (Å²) in [5.41, 5.74) is 2.02. The zero-order chi connectivity index (χ0) is 23.1. The van der Waals surface area contributed by atoms with E-state index in [1.54, 1.807) is 10.8 Å². The highest BCUT2D eigenvalue weighted by Gasteiger charge is 2.28. The Morgan fingerprint density at radius 3 is 2.10 bits per heavy atom. The van der Waals surface area contributed by atoms with E-state index in [1.807, 2.05) is 33.9 Å². The molecule has 2 aromatic heterocycles. The summed E-state index contributed by atoms with van der Waals surface area (Å²) >= 11 is 0. The lowest BCUT2D eigenvalue weighted by Gasteiger charge is -2.30. The van der Waals surface area contributed by atoms with Crippen molar-refractivity contribution in [2.75, 3.05) is 0 Å². The van der Waals surface area contributed by atoms with Gasteiger partial charge in [0.1, 0.15) is 5.82 Å². The van der Waals surface area contributed by atoms with Gasteiger partial charge in [0, 0.05) is 40.9 Å². The molecule has 0 bridgehead atoms. The van der Waals surface area contributed by atoms with E-state index in [0.717, 1.165) is 29.7 Å². The second-order valence-corrected chi connectivity index (χ2v) is 11.3. The largest absolute Gasteiger partial charge is 0.315 e.